The molecule has 5 heteroatoms. The van der Waals surface area contributed by atoms with Crippen molar-refractivity contribution in [2.24, 2.45) is 0 Å². The highest BCUT2D eigenvalue weighted by Gasteiger charge is 2.29. The third-order valence-electron chi connectivity index (χ3n) is 4.36. The minimum absolute atomic E-state index is 0.0685. The maximum atomic E-state index is 12.9. The summed E-state index contributed by atoms with van der Waals surface area (Å²) in [7, 11) is 0. The second kappa shape index (κ2) is 6.02. The molecule has 1 saturated carbocycles. The number of benzene rings is 1. The Labute approximate surface area is 124 Å². The highest BCUT2D eigenvalue weighted by atomic mass is 19.1. The second-order valence-electron chi connectivity index (χ2n) is 5.96. The molecule has 21 heavy (non-hydrogen) atoms. The SMILES string of the molecule is C[C@H](C(=O)NC1CC1)N1CCN(c2ccc(F)cc2)CC1. The quantitative estimate of drug-likeness (QED) is 0.915. The second-order valence-corrected chi connectivity index (χ2v) is 5.96. The van der Waals surface area contributed by atoms with E-state index >= 15 is 0 Å². The van der Waals surface area contributed by atoms with Crippen molar-refractivity contribution in [1.29, 1.82) is 0 Å². The summed E-state index contributed by atoms with van der Waals surface area (Å²) >= 11 is 0. The summed E-state index contributed by atoms with van der Waals surface area (Å²) in [5.74, 6) is -0.0597. The molecule has 2 aliphatic rings. The van der Waals surface area contributed by atoms with Gasteiger partial charge in [0.05, 0.1) is 6.04 Å². The molecule has 1 N–H and O–H groups in total. The summed E-state index contributed by atoms with van der Waals surface area (Å²) in [4.78, 5) is 16.5. The number of nitrogens with one attached hydrogen (secondary N) is 1. The Morgan fingerprint density at radius 2 is 1.81 bits per heavy atom. The maximum Gasteiger partial charge on any atom is 0.237 e. The molecule has 1 amide bonds. The zero-order chi connectivity index (χ0) is 14.8. The van der Waals surface area contributed by atoms with Crippen molar-refractivity contribution in [3.63, 3.8) is 0 Å². The van der Waals surface area contributed by atoms with Gasteiger partial charge in [0.1, 0.15) is 5.82 Å². The molecule has 3 rings (SSSR count). The highest BCUT2D eigenvalue weighted by molar-refractivity contribution is 5.81. The van der Waals surface area contributed by atoms with Crippen LogP contribution in [0.15, 0.2) is 24.3 Å². The van der Waals surface area contributed by atoms with Gasteiger partial charge in [-0.15, -0.1) is 0 Å². The normalized spacial score (nSPS) is 21.1. The molecule has 0 bridgehead atoms. The molecule has 4 nitrogen and oxygen atoms in total. The zero-order valence-electron chi connectivity index (χ0n) is 12.4. The molecule has 0 aromatic heterocycles. The number of halogens is 1. The van der Waals surface area contributed by atoms with Crippen molar-refractivity contribution in [3.8, 4) is 0 Å². The van der Waals surface area contributed by atoms with E-state index in [4.69, 9.17) is 0 Å². The minimum atomic E-state index is -0.206. The van der Waals surface area contributed by atoms with Gasteiger partial charge in [-0.2, -0.15) is 0 Å². The molecule has 1 atom stereocenters. The average molecular weight is 291 g/mol. The summed E-state index contributed by atoms with van der Waals surface area (Å²) in [6.07, 6.45) is 2.24. The number of carbonyl (C=O) groups excluding carboxylic acids is 1. The standard InChI is InChI=1S/C16H22FN3O/c1-12(16(21)18-14-4-5-14)19-8-10-20(11-9-19)15-6-2-13(17)3-7-15/h2-3,6-7,12,14H,4-5,8-11H2,1H3,(H,18,21)/t12-/m1/s1. The predicted octanol–water partition coefficient (Wildman–Crippen LogP) is 1.61. The van der Waals surface area contributed by atoms with Crippen LogP contribution in [0.5, 0.6) is 0 Å². The van der Waals surface area contributed by atoms with E-state index in [0.29, 0.717) is 6.04 Å². The van der Waals surface area contributed by atoms with Crippen molar-refractivity contribution in [2.45, 2.75) is 31.8 Å². The first-order valence-electron chi connectivity index (χ1n) is 7.68. The van der Waals surface area contributed by atoms with Crippen LogP contribution in [0.4, 0.5) is 10.1 Å². The van der Waals surface area contributed by atoms with Gasteiger partial charge in [-0.1, -0.05) is 0 Å². The summed E-state index contributed by atoms with van der Waals surface area (Å²) < 4.78 is 12.9. The summed E-state index contributed by atoms with van der Waals surface area (Å²) in [6, 6.07) is 6.96. The van der Waals surface area contributed by atoms with Gasteiger partial charge in [-0.3, -0.25) is 9.69 Å². The summed E-state index contributed by atoms with van der Waals surface area (Å²) in [6.45, 7) is 5.43. The van der Waals surface area contributed by atoms with Crippen molar-refractivity contribution < 1.29 is 9.18 Å². The summed E-state index contributed by atoms with van der Waals surface area (Å²) in [5, 5.41) is 3.06. The Morgan fingerprint density at radius 1 is 1.19 bits per heavy atom. The van der Waals surface area contributed by atoms with Gasteiger partial charge in [-0.25, -0.2) is 4.39 Å². The van der Waals surface area contributed by atoms with Crippen LogP contribution in [0.3, 0.4) is 0 Å². The van der Waals surface area contributed by atoms with Crippen LogP contribution in [0, 0.1) is 5.82 Å². The first-order valence-corrected chi connectivity index (χ1v) is 7.68. The van der Waals surface area contributed by atoms with E-state index in [1.54, 1.807) is 0 Å². The van der Waals surface area contributed by atoms with Gasteiger partial charge in [0, 0.05) is 37.9 Å². The van der Waals surface area contributed by atoms with Gasteiger partial charge in [0.15, 0.2) is 0 Å². The van der Waals surface area contributed by atoms with Gasteiger partial charge in [0.2, 0.25) is 5.91 Å². The van der Waals surface area contributed by atoms with Crippen LogP contribution in [0.2, 0.25) is 0 Å². The third-order valence-corrected chi connectivity index (χ3v) is 4.36. The molecule has 1 aliphatic heterocycles. The van der Waals surface area contributed by atoms with Crippen molar-refractivity contribution in [1.82, 2.24) is 10.2 Å². The van der Waals surface area contributed by atoms with Crippen LogP contribution in [0.1, 0.15) is 19.8 Å². The Balaban J connectivity index is 1.52. The minimum Gasteiger partial charge on any atom is -0.369 e. The lowest BCUT2D eigenvalue weighted by atomic mass is 10.2. The first-order chi connectivity index (χ1) is 10.1. The predicted molar refractivity (Wildman–Crippen MR) is 80.8 cm³/mol. The number of rotatable bonds is 4. The molecule has 1 aromatic rings. The molecular formula is C16H22FN3O. The van der Waals surface area contributed by atoms with E-state index in [0.717, 1.165) is 44.7 Å². The van der Waals surface area contributed by atoms with Crippen LogP contribution in [0.25, 0.3) is 0 Å². The number of hydrogen-bond donors (Lipinski definition) is 1. The van der Waals surface area contributed by atoms with Crippen LogP contribution in [-0.2, 0) is 4.79 Å². The molecule has 1 saturated heterocycles. The van der Waals surface area contributed by atoms with Gasteiger partial charge in [0.25, 0.3) is 0 Å². The smallest absolute Gasteiger partial charge is 0.237 e. The van der Waals surface area contributed by atoms with Crippen LogP contribution >= 0.6 is 0 Å². The lowest BCUT2D eigenvalue weighted by Gasteiger charge is -2.38. The van der Waals surface area contributed by atoms with E-state index in [-0.39, 0.29) is 17.8 Å². The largest absolute Gasteiger partial charge is 0.369 e. The Kier molecular flexibility index (Phi) is 4.10. The van der Waals surface area contributed by atoms with E-state index in [9.17, 15) is 9.18 Å². The number of carbonyl (C=O) groups is 1. The monoisotopic (exact) mass is 291 g/mol. The molecule has 0 unspecified atom stereocenters. The molecule has 1 heterocycles. The fourth-order valence-electron chi connectivity index (χ4n) is 2.73. The summed E-state index contributed by atoms with van der Waals surface area (Å²) in [5.41, 5.74) is 1.05. The lowest BCUT2D eigenvalue weighted by molar-refractivity contribution is -0.126. The van der Waals surface area contributed by atoms with E-state index in [1.165, 1.54) is 12.1 Å². The Morgan fingerprint density at radius 3 is 2.38 bits per heavy atom. The number of amides is 1. The van der Waals surface area contributed by atoms with Crippen LogP contribution < -0.4 is 10.2 Å². The molecule has 0 spiro atoms. The Bertz CT molecular complexity index is 493. The average Bonchev–Trinajstić information content (AvgIpc) is 3.31. The van der Waals surface area contributed by atoms with E-state index < -0.39 is 0 Å². The number of nitrogens with zero attached hydrogens (tertiary/aromatic N) is 2. The fraction of sp³-hybridized carbons (Fsp3) is 0.562. The molecule has 2 fully saturated rings. The van der Waals surface area contributed by atoms with Gasteiger partial charge in [-0.05, 0) is 44.0 Å². The first kappa shape index (κ1) is 14.3. The molecular weight excluding hydrogens is 269 g/mol. The molecule has 1 aromatic carbocycles. The lowest BCUT2D eigenvalue weighted by Crippen LogP contribution is -2.54. The maximum absolute atomic E-state index is 12.9. The van der Waals surface area contributed by atoms with Gasteiger partial charge >= 0.3 is 0 Å². The third kappa shape index (κ3) is 3.53. The van der Waals surface area contributed by atoms with Crippen LogP contribution in [-0.4, -0.2) is 49.1 Å². The number of anilines is 1. The highest BCUT2D eigenvalue weighted by Crippen LogP contribution is 2.20. The number of piperazine rings is 1. The zero-order valence-corrected chi connectivity index (χ0v) is 12.4. The topological polar surface area (TPSA) is 35.6 Å². The number of hydrogen-bond acceptors (Lipinski definition) is 3. The fourth-order valence-corrected chi connectivity index (χ4v) is 2.73. The molecule has 114 valence electrons. The van der Waals surface area contributed by atoms with E-state index in [1.807, 2.05) is 19.1 Å². The van der Waals surface area contributed by atoms with Gasteiger partial charge < -0.3 is 10.2 Å². The van der Waals surface area contributed by atoms with E-state index in [2.05, 4.69) is 15.1 Å². The van der Waals surface area contributed by atoms with Crippen molar-refractivity contribution >= 4 is 11.6 Å². The van der Waals surface area contributed by atoms with Crippen molar-refractivity contribution in [2.75, 3.05) is 31.1 Å². The molecule has 0 radical (unpaired) electrons. The molecule has 1 aliphatic carbocycles. The van der Waals surface area contributed by atoms with Crippen molar-refractivity contribution in [3.05, 3.63) is 30.1 Å². The Hall–Kier alpha value is -1.62.